The van der Waals surface area contributed by atoms with Crippen LogP contribution in [0.3, 0.4) is 0 Å². The number of aliphatic hydroxyl groups is 1. The number of aromatic nitrogens is 3. The molecule has 4 rings (SSSR count). The van der Waals surface area contributed by atoms with Crippen LogP contribution in [0.4, 0.5) is 0 Å². The zero-order valence-corrected chi connectivity index (χ0v) is 23.5. The number of hydrogen-bond acceptors (Lipinski definition) is 7. The summed E-state index contributed by atoms with van der Waals surface area (Å²) in [6.45, 7) is 4.80. The number of ether oxygens (including phenoxy) is 1. The van der Waals surface area contributed by atoms with E-state index in [0.717, 1.165) is 6.42 Å². The first-order valence-electron chi connectivity index (χ1n) is 12.7. The summed E-state index contributed by atoms with van der Waals surface area (Å²) in [5.74, 6) is -0.0214. The lowest BCUT2D eigenvalue weighted by atomic mass is 10.2. The lowest BCUT2D eigenvalue weighted by molar-refractivity contribution is 0.0906. The van der Waals surface area contributed by atoms with Gasteiger partial charge in [0, 0.05) is 51.2 Å². The quantitative estimate of drug-likeness (QED) is 0.378. The Hall–Kier alpha value is -3.12. The predicted molar refractivity (Wildman–Crippen MR) is 149 cm³/mol. The van der Waals surface area contributed by atoms with Gasteiger partial charge in [-0.2, -0.15) is 0 Å². The Morgan fingerprint density at radius 2 is 1.95 bits per heavy atom. The number of carbonyl (C=O) groups is 1. The van der Waals surface area contributed by atoms with Crippen LogP contribution in [0.5, 0.6) is 5.88 Å². The second-order valence-electron chi connectivity index (χ2n) is 8.68. The molecule has 0 radical (unpaired) electrons. The van der Waals surface area contributed by atoms with Gasteiger partial charge in [-0.05, 0) is 44.0 Å². The monoisotopic (exact) mass is 544 g/mol. The van der Waals surface area contributed by atoms with Crippen molar-refractivity contribution in [1.29, 1.82) is 0 Å². The molecule has 0 bridgehead atoms. The number of pyridine rings is 1. The Morgan fingerprint density at radius 1 is 1.24 bits per heavy atom. The summed E-state index contributed by atoms with van der Waals surface area (Å²) >= 11 is 0. The number of nitrogens with one attached hydrogen (secondary N) is 2. The number of hydrogen-bond donors (Lipinski definition) is 3. The van der Waals surface area contributed by atoms with Crippen molar-refractivity contribution in [2.75, 3.05) is 40.3 Å². The maximum absolute atomic E-state index is 12.3. The fraction of sp³-hybridized carbons (Fsp3) is 0.444. The number of aliphatic hydroxyl groups excluding tert-OH is 1. The Bertz CT molecular complexity index is 1100. The maximum atomic E-state index is 12.3. The SMILES string of the molecule is C1CCNC1.CCc1ccccc1.COc1cc(C(=O)NCC(O)CN(C)S(=O)c2cn(C)cn2)ccn1. The van der Waals surface area contributed by atoms with E-state index in [0.29, 0.717) is 16.5 Å². The van der Waals surface area contributed by atoms with Crippen molar-refractivity contribution in [2.45, 2.75) is 37.3 Å². The minimum atomic E-state index is -1.48. The van der Waals surface area contributed by atoms with Gasteiger partial charge < -0.3 is 25.0 Å². The number of imidazole rings is 1. The van der Waals surface area contributed by atoms with Gasteiger partial charge in [0.2, 0.25) is 5.88 Å². The highest BCUT2D eigenvalue weighted by Crippen LogP contribution is 2.09. The van der Waals surface area contributed by atoms with Crippen molar-refractivity contribution in [3.63, 3.8) is 0 Å². The number of aryl methyl sites for hydroxylation is 2. The first kappa shape index (κ1) is 31.1. The van der Waals surface area contributed by atoms with E-state index in [1.807, 2.05) is 6.07 Å². The molecule has 11 heteroatoms. The third-order valence-corrected chi connectivity index (χ3v) is 6.81. The number of rotatable bonds is 9. The van der Waals surface area contributed by atoms with Crippen LogP contribution in [0.1, 0.15) is 35.7 Å². The number of benzene rings is 1. The summed E-state index contributed by atoms with van der Waals surface area (Å²) in [6.07, 6.45) is 7.71. The molecule has 0 spiro atoms. The van der Waals surface area contributed by atoms with Crippen molar-refractivity contribution in [1.82, 2.24) is 29.5 Å². The molecule has 1 saturated heterocycles. The molecule has 0 aliphatic carbocycles. The van der Waals surface area contributed by atoms with Gasteiger partial charge in [0.1, 0.15) is 11.0 Å². The lowest BCUT2D eigenvalue weighted by Gasteiger charge is -2.19. The van der Waals surface area contributed by atoms with E-state index in [-0.39, 0.29) is 19.0 Å². The van der Waals surface area contributed by atoms with Crippen LogP contribution in [0, 0.1) is 0 Å². The van der Waals surface area contributed by atoms with Crippen molar-refractivity contribution < 1.29 is 18.8 Å². The number of methoxy groups -OCH3 is 1. The van der Waals surface area contributed by atoms with Crippen molar-refractivity contribution in [3.8, 4) is 5.88 Å². The summed E-state index contributed by atoms with van der Waals surface area (Å²) < 4.78 is 20.4. The van der Waals surface area contributed by atoms with E-state index in [4.69, 9.17) is 4.74 Å². The minimum Gasteiger partial charge on any atom is -0.481 e. The summed E-state index contributed by atoms with van der Waals surface area (Å²) in [5, 5.41) is 16.3. The van der Waals surface area contributed by atoms with Crippen molar-refractivity contribution in [2.24, 2.45) is 7.05 Å². The molecular formula is C27H40N6O4S. The summed E-state index contributed by atoms with van der Waals surface area (Å²) in [6, 6.07) is 13.5. The van der Waals surface area contributed by atoms with Crippen LogP contribution < -0.4 is 15.4 Å². The van der Waals surface area contributed by atoms with Crippen molar-refractivity contribution >= 4 is 16.9 Å². The van der Waals surface area contributed by atoms with Crippen LogP contribution in [0.2, 0.25) is 0 Å². The molecule has 2 atom stereocenters. The first-order valence-corrected chi connectivity index (χ1v) is 13.8. The molecule has 1 aliphatic rings. The fourth-order valence-corrected chi connectivity index (χ4v) is 4.40. The van der Waals surface area contributed by atoms with Crippen LogP contribution in [-0.2, 0) is 24.5 Å². The van der Waals surface area contributed by atoms with Gasteiger partial charge in [0.15, 0.2) is 5.03 Å². The average Bonchev–Trinajstić information content (AvgIpc) is 3.67. The lowest BCUT2D eigenvalue weighted by Crippen LogP contribution is -2.39. The molecule has 208 valence electrons. The second kappa shape index (κ2) is 17.4. The van der Waals surface area contributed by atoms with E-state index in [2.05, 4.69) is 51.8 Å². The molecule has 2 unspecified atom stereocenters. The highest BCUT2D eigenvalue weighted by Gasteiger charge is 2.18. The molecule has 10 nitrogen and oxygen atoms in total. The molecule has 3 N–H and O–H groups in total. The maximum Gasteiger partial charge on any atom is 0.251 e. The zero-order chi connectivity index (χ0) is 27.8. The molecule has 3 heterocycles. The van der Waals surface area contributed by atoms with Gasteiger partial charge in [-0.15, -0.1) is 0 Å². The largest absolute Gasteiger partial charge is 0.481 e. The minimum absolute atomic E-state index is 0.0211. The van der Waals surface area contributed by atoms with Crippen LogP contribution in [0.25, 0.3) is 0 Å². The summed E-state index contributed by atoms with van der Waals surface area (Å²) in [4.78, 5) is 20.0. The average molecular weight is 545 g/mol. The molecule has 1 aliphatic heterocycles. The van der Waals surface area contributed by atoms with Gasteiger partial charge in [-0.3, -0.25) is 4.79 Å². The van der Waals surface area contributed by atoms with Crippen LogP contribution in [0.15, 0.2) is 66.2 Å². The topological polar surface area (TPSA) is 122 Å². The number of likely N-dealkylation sites (N-methyl/N-ethyl adjacent to an activating group) is 1. The smallest absolute Gasteiger partial charge is 0.251 e. The molecule has 38 heavy (non-hydrogen) atoms. The third-order valence-electron chi connectivity index (χ3n) is 5.52. The van der Waals surface area contributed by atoms with E-state index < -0.39 is 17.1 Å². The number of amides is 1. The third kappa shape index (κ3) is 11.5. The predicted octanol–water partition coefficient (Wildman–Crippen LogP) is 2.19. The number of carbonyl (C=O) groups excluding carboxylic acids is 1. The Morgan fingerprint density at radius 3 is 2.47 bits per heavy atom. The molecule has 2 aromatic heterocycles. The first-order chi connectivity index (χ1) is 18.3. The van der Waals surface area contributed by atoms with E-state index in [1.54, 1.807) is 37.3 Å². The van der Waals surface area contributed by atoms with Gasteiger partial charge in [0.05, 0.1) is 19.5 Å². The van der Waals surface area contributed by atoms with Crippen molar-refractivity contribution in [3.05, 3.63) is 72.3 Å². The molecular weight excluding hydrogens is 504 g/mol. The molecule has 1 amide bonds. The zero-order valence-electron chi connectivity index (χ0n) is 22.7. The van der Waals surface area contributed by atoms with Crippen LogP contribution in [-0.4, -0.2) is 80.5 Å². The van der Waals surface area contributed by atoms with Gasteiger partial charge >= 0.3 is 0 Å². The Balaban J connectivity index is 0.000000314. The molecule has 1 aromatic carbocycles. The van der Waals surface area contributed by atoms with Gasteiger partial charge in [0.25, 0.3) is 5.91 Å². The van der Waals surface area contributed by atoms with E-state index in [9.17, 15) is 14.1 Å². The molecule has 1 fully saturated rings. The highest BCUT2D eigenvalue weighted by molar-refractivity contribution is 7.82. The second-order valence-corrected chi connectivity index (χ2v) is 10.2. The Kier molecular flexibility index (Phi) is 14.2. The van der Waals surface area contributed by atoms with Gasteiger partial charge in [-0.25, -0.2) is 18.5 Å². The normalized spacial score (nSPS) is 13.9. The summed E-state index contributed by atoms with van der Waals surface area (Å²) in [7, 11) is 3.38. The number of nitrogens with zero attached hydrogens (tertiary/aromatic N) is 4. The van der Waals surface area contributed by atoms with E-state index in [1.165, 1.54) is 55.2 Å². The molecule has 0 saturated carbocycles. The van der Waals surface area contributed by atoms with E-state index >= 15 is 0 Å². The van der Waals surface area contributed by atoms with Gasteiger partial charge in [-0.1, -0.05) is 37.3 Å². The van der Waals surface area contributed by atoms with Crippen LogP contribution >= 0.6 is 0 Å². The Labute approximate surface area is 228 Å². The standard InChI is InChI=1S/C15H21N5O4S.C8H10.C4H9N/c1-19-9-14(18-10-19)25(23)20(2)8-12(21)7-17-15(22)11-4-5-16-13(6-11)24-3;1-2-8-6-4-3-5-7-8;1-2-4-5-3-1/h4-6,9-10,12,21H,7-8H2,1-3H3,(H,17,22);3-7H,2H2,1H3;5H,1-4H2. The summed E-state index contributed by atoms with van der Waals surface area (Å²) in [5.41, 5.74) is 1.79. The molecule has 3 aromatic rings. The highest BCUT2D eigenvalue weighted by atomic mass is 32.2. The fourth-order valence-electron chi connectivity index (χ4n) is 3.38.